The molecule has 3 aliphatic heterocycles. The van der Waals surface area contributed by atoms with Gasteiger partial charge in [-0.25, -0.2) is 0 Å². The zero-order valence-corrected chi connectivity index (χ0v) is 15.9. The molecule has 0 aromatic rings. The molecular formula is C19H35N5O. The zero-order chi connectivity index (χ0) is 17.5. The minimum atomic E-state index is 0.121. The maximum atomic E-state index is 11.7. The summed E-state index contributed by atoms with van der Waals surface area (Å²) in [5, 5.41) is 6.50. The molecule has 2 N–H and O–H groups in total. The lowest BCUT2D eigenvalue weighted by Gasteiger charge is -2.40. The number of likely N-dealkylation sites (tertiary alicyclic amines) is 2. The highest BCUT2D eigenvalue weighted by atomic mass is 16.1. The third kappa shape index (κ3) is 5.09. The van der Waals surface area contributed by atoms with Gasteiger partial charge in [0.2, 0.25) is 5.91 Å². The number of nitrogens with one attached hydrogen (secondary N) is 2. The predicted octanol–water partition coefficient (Wildman–Crippen LogP) is 1.43. The van der Waals surface area contributed by atoms with E-state index in [9.17, 15) is 4.79 Å². The summed E-state index contributed by atoms with van der Waals surface area (Å²) in [4.78, 5) is 21.6. The number of nitrogens with zero attached hydrogens (tertiary/aromatic N) is 3. The van der Waals surface area contributed by atoms with Crippen molar-refractivity contribution >= 4 is 11.9 Å². The van der Waals surface area contributed by atoms with E-state index in [-0.39, 0.29) is 11.3 Å². The number of rotatable bonds is 4. The summed E-state index contributed by atoms with van der Waals surface area (Å²) in [6, 6.07) is 0. The second-order valence-corrected chi connectivity index (χ2v) is 7.97. The van der Waals surface area contributed by atoms with Gasteiger partial charge in [-0.15, -0.1) is 0 Å². The maximum absolute atomic E-state index is 11.7. The summed E-state index contributed by atoms with van der Waals surface area (Å²) >= 11 is 0. The Balaban J connectivity index is 1.56. The molecule has 0 bridgehead atoms. The molecule has 0 aromatic carbocycles. The molecule has 1 spiro atoms. The summed E-state index contributed by atoms with van der Waals surface area (Å²) in [7, 11) is 0. The normalized spacial score (nSPS) is 28.9. The molecule has 0 aliphatic carbocycles. The van der Waals surface area contributed by atoms with Crippen LogP contribution in [0, 0.1) is 5.41 Å². The predicted molar refractivity (Wildman–Crippen MR) is 102 cm³/mol. The third-order valence-corrected chi connectivity index (χ3v) is 5.87. The Morgan fingerprint density at radius 1 is 1.20 bits per heavy atom. The molecule has 0 radical (unpaired) electrons. The first kappa shape index (κ1) is 18.5. The van der Waals surface area contributed by atoms with Crippen LogP contribution in [0.4, 0.5) is 0 Å². The topological polar surface area (TPSA) is 60.0 Å². The molecular weight excluding hydrogens is 314 g/mol. The second kappa shape index (κ2) is 8.88. The van der Waals surface area contributed by atoms with Crippen molar-refractivity contribution < 1.29 is 4.79 Å². The molecule has 0 saturated carbocycles. The highest BCUT2D eigenvalue weighted by Gasteiger charge is 2.42. The summed E-state index contributed by atoms with van der Waals surface area (Å²) < 4.78 is 0. The van der Waals surface area contributed by atoms with E-state index in [1.807, 2.05) is 0 Å². The van der Waals surface area contributed by atoms with Crippen molar-refractivity contribution in [2.24, 2.45) is 10.4 Å². The average Bonchev–Trinajstić information content (AvgIpc) is 2.81. The monoisotopic (exact) mass is 349 g/mol. The van der Waals surface area contributed by atoms with Gasteiger partial charge in [-0.1, -0.05) is 12.8 Å². The van der Waals surface area contributed by atoms with Gasteiger partial charge in [0.05, 0.1) is 6.54 Å². The fourth-order valence-electron chi connectivity index (χ4n) is 4.51. The van der Waals surface area contributed by atoms with Crippen molar-refractivity contribution in [2.75, 3.05) is 52.4 Å². The van der Waals surface area contributed by atoms with Gasteiger partial charge in [0, 0.05) is 44.6 Å². The first-order valence-electron chi connectivity index (χ1n) is 10.2. The van der Waals surface area contributed by atoms with Crippen molar-refractivity contribution in [2.45, 2.75) is 51.9 Å². The van der Waals surface area contributed by atoms with Gasteiger partial charge in [0.15, 0.2) is 5.96 Å². The van der Waals surface area contributed by atoms with E-state index < -0.39 is 0 Å². The van der Waals surface area contributed by atoms with Crippen LogP contribution in [-0.4, -0.2) is 74.0 Å². The van der Waals surface area contributed by atoms with Crippen molar-refractivity contribution in [1.29, 1.82) is 0 Å². The van der Waals surface area contributed by atoms with Gasteiger partial charge in [-0.3, -0.25) is 9.79 Å². The number of hydrogen-bond acceptors (Lipinski definition) is 3. The lowest BCUT2D eigenvalue weighted by Crippen LogP contribution is -2.51. The largest absolute Gasteiger partial charge is 0.357 e. The van der Waals surface area contributed by atoms with E-state index in [2.05, 4.69) is 27.4 Å². The van der Waals surface area contributed by atoms with Crippen LogP contribution in [0.1, 0.15) is 51.9 Å². The standard InChI is InChI=1S/C19H35N5O/c1-2-20-18(21-9-13-23-10-5-3-4-6-11-23)24-12-7-8-19(16-24)14-17(25)22-15-19/h2-16H2,1H3,(H,20,21)(H,22,25). The number of guanidine groups is 1. The summed E-state index contributed by atoms with van der Waals surface area (Å²) in [6.45, 7) is 10.2. The number of hydrogen-bond donors (Lipinski definition) is 2. The summed E-state index contributed by atoms with van der Waals surface area (Å²) in [6.07, 6.45) is 8.40. The van der Waals surface area contributed by atoms with E-state index in [0.29, 0.717) is 6.42 Å². The Kier molecular flexibility index (Phi) is 6.57. The van der Waals surface area contributed by atoms with Crippen molar-refractivity contribution in [3.05, 3.63) is 0 Å². The highest BCUT2D eigenvalue weighted by Crippen LogP contribution is 2.35. The molecule has 1 unspecified atom stereocenters. The molecule has 25 heavy (non-hydrogen) atoms. The van der Waals surface area contributed by atoms with Gasteiger partial charge >= 0.3 is 0 Å². The first-order chi connectivity index (χ1) is 12.2. The molecule has 1 amide bonds. The van der Waals surface area contributed by atoms with Gasteiger partial charge in [-0.05, 0) is 45.7 Å². The smallest absolute Gasteiger partial charge is 0.220 e. The van der Waals surface area contributed by atoms with E-state index >= 15 is 0 Å². The lowest BCUT2D eigenvalue weighted by molar-refractivity contribution is -0.119. The van der Waals surface area contributed by atoms with Crippen LogP contribution < -0.4 is 10.6 Å². The number of piperidine rings is 1. The number of carbonyl (C=O) groups excluding carboxylic acids is 1. The molecule has 3 rings (SSSR count). The van der Waals surface area contributed by atoms with Crippen molar-refractivity contribution in [3.8, 4) is 0 Å². The zero-order valence-electron chi connectivity index (χ0n) is 15.9. The molecule has 0 aromatic heterocycles. The first-order valence-corrected chi connectivity index (χ1v) is 10.2. The van der Waals surface area contributed by atoms with Crippen LogP contribution in [0.2, 0.25) is 0 Å². The molecule has 142 valence electrons. The Bertz CT molecular complexity index is 472. The van der Waals surface area contributed by atoms with Crippen LogP contribution in [0.15, 0.2) is 4.99 Å². The lowest BCUT2D eigenvalue weighted by atomic mass is 9.79. The minimum absolute atomic E-state index is 0.121. The molecule has 3 saturated heterocycles. The SMILES string of the molecule is CCNC(=NCCN1CCCCCC1)N1CCCC2(CNC(=O)C2)C1. The molecule has 6 heteroatoms. The van der Waals surface area contributed by atoms with Crippen LogP contribution in [0.25, 0.3) is 0 Å². The molecule has 3 fully saturated rings. The van der Waals surface area contributed by atoms with Crippen molar-refractivity contribution in [1.82, 2.24) is 20.4 Å². The van der Waals surface area contributed by atoms with Crippen molar-refractivity contribution in [3.63, 3.8) is 0 Å². The Hall–Kier alpha value is -1.30. The summed E-state index contributed by atoms with van der Waals surface area (Å²) in [5.74, 6) is 1.25. The Morgan fingerprint density at radius 3 is 2.68 bits per heavy atom. The number of amides is 1. The van der Waals surface area contributed by atoms with Gasteiger partial charge in [0.25, 0.3) is 0 Å². The highest BCUT2D eigenvalue weighted by molar-refractivity contribution is 5.81. The van der Waals surface area contributed by atoms with Gasteiger partial charge in [0.1, 0.15) is 0 Å². The quantitative estimate of drug-likeness (QED) is 0.595. The van der Waals surface area contributed by atoms with Crippen LogP contribution >= 0.6 is 0 Å². The molecule has 6 nitrogen and oxygen atoms in total. The fraction of sp³-hybridized carbons (Fsp3) is 0.895. The summed E-state index contributed by atoms with van der Waals surface area (Å²) in [5.41, 5.74) is 0.121. The molecule has 3 aliphatic rings. The van der Waals surface area contributed by atoms with Gasteiger partial charge in [-0.2, -0.15) is 0 Å². The maximum Gasteiger partial charge on any atom is 0.220 e. The van der Waals surface area contributed by atoms with Crippen LogP contribution in [0.3, 0.4) is 0 Å². The minimum Gasteiger partial charge on any atom is -0.357 e. The van der Waals surface area contributed by atoms with E-state index in [1.54, 1.807) is 0 Å². The van der Waals surface area contributed by atoms with E-state index in [0.717, 1.165) is 58.1 Å². The molecule has 1 atom stereocenters. The Labute approximate surface area is 152 Å². The molecule has 3 heterocycles. The third-order valence-electron chi connectivity index (χ3n) is 5.87. The van der Waals surface area contributed by atoms with E-state index in [1.165, 1.54) is 38.8 Å². The average molecular weight is 350 g/mol. The van der Waals surface area contributed by atoms with Crippen LogP contribution in [-0.2, 0) is 4.79 Å². The number of carbonyl (C=O) groups is 1. The Morgan fingerprint density at radius 2 is 2.00 bits per heavy atom. The second-order valence-electron chi connectivity index (χ2n) is 7.97. The van der Waals surface area contributed by atoms with E-state index in [4.69, 9.17) is 4.99 Å². The fourth-order valence-corrected chi connectivity index (χ4v) is 4.51. The van der Waals surface area contributed by atoms with Crippen LogP contribution in [0.5, 0.6) is 0 Å². The number of aliphatic imine (C=N–C) groups is 1. The van der Waals surface area contributed by atoms with Gasteiger partial charge < -0.3 is 20.4 Å².